The molecule has 0 spiro atoms. The SMILES string of the molecule is COc1c(C)cc(Cl)cc1C(=O)C=N. The van der Waals surface area contributed by atoms with Crippen molar-refractivity contribution in [3.05, 3.63) is 28.3 Å². The van der Waals surface area contributed by atoms with E-state index >= 15 is 0 Å². The highest BCUT2D eigenvalue weighted by atomic mass is 35.5. The fourth-order valence-corrected chi connectivity index (χ4v) is 1.53. The predicted molar refractivity (Wildman–Crippen MR) is 55.9 cm³/mol. The number of halogens is 1. The van der Waals surface area contributed by atoms with E-state index in [1.54, 1.807) is 13.0 Å². The van der Waals surface area contributed by atoms with Crippen molar-refractivity contribution in [3.63, 3.8) is 0 Å². The van der Waals surface area contributed by atoms with Gasteiger partial charge in [-0.2, -0.15) is 0 Å². The Morgan fingerprint density at radius 2 is 2.21 bits per heavy atom. The van der Waals surface area contributed by atoms with Gasteiger partial charge in [-0.05, 0) is 24.6 Å². The molecule has 0 bridgehead atoms. The second-order valence-corrected chi connectivity index (χ2v) is 3.25. The van der Waals surface area contributed by atoms with Crippen molar-refractivity contribution in [3.8, 4) is 5.75 Å². The van der Waals surface area contributed by atoms with Crippen LogP contribution in [0.15, 0.2) is 12.1 Å². The highest BCUT2D eigenvalue weighted by Gasteiger charge is 2.13. The van der Waals surface area contributed by atoms with Crippen LogP contribution in [0.4, 0.5) is 0 Å². The molecule has 74 valence electrons. The van der Waals surface area contributed by atoms with Crippen molar-refractivity contribution in [2.45, 2.75) is 6.92 Å². The summed E-state index contributed by atoms with van der Waals surface area (Å²) in [4.78, 5) is 11.3. The topological polar surface area (TPSA) is 50.2 Å². The Labute approximate surface area is 87.2 Å². The van der Waals surface area contributed by atoms with Crippen molar-refractivity contribution in [1.29, 1.82) is 5.41 Å². The molecule has 0 heterocycles. The smallest absolute Gasteiger partial charge is 0.207 e. The third-order valence-corrected chi connectivity index (χ3v) is 2.06. The molecule has 0 aromatic heterocycles. The first-order valence-corrected chi connectivity index (χ1v) is 4.37. The third-order valence-electron chi connectivity index (χ3n) is 1.84. The Balaban J connectivity index is 3.39. The molecular weight excluding hydrogens is 202 g/mol. The number of methoxy groups -OCH3 is 1. The van der Waals surface area contributed by atoms with Gasteiger partial charge in [0, 0.05) is 5.02 Å². The number of hydrogen-bond donors (Lipinski definition) is 1. The van der Waals surface area contributed by atoms with E-state index in [0.717, 1.165) is 11.8 Å². The van der Waals surface area contributed by atoms with Crippen LogP contribution in [0.25, 0.3) is 0 Å². The van der Waals surface area contributed by atoms with E-state index in [0.29, 0.717) is 16.3 Å². The largest absolute Gasteiger partial charge is 0.496 e. The van der Waals surface area contributed by atoms with Crippen LogP contribution in [0, 0.1) is 12.3 Å². The van der Waals surface area contributed by atoms with Crippen molar-refractivity contribution >= 4 is 23.6 Å². The van der Waals surface area contributed by atoms with E-state index in [9.17, 15) is 4.79 Å². The van der Waals surface area contributed by atoms with E-state index in [1.807, 2.05) is 0 Å². The highest BCUT2D eigenvalue weighted by Crippen LogP contribution is 2.27. The van der Waals surface area contributed by atoms with Gasteiger partial charge in [-0.1, -0.05) is 11.6 Å². The zero-order valence-electron chi connectivity index (χ0n) is 7.93. The Morgan fingerprint density at radius 1 is 1.57 bits per heavy atom. The fourth-order valence-electron chi connectivity index (χ4n) is 1.26. The fraction of sp³-hybridized carbons (Fsp3) is 0.200. The number of rotatable bonds is 3. The molecule has 0 saturated heterocycles. The van der Waals surface area contributed by atoms with Gasteiger partial charge < -0.3 is 10.1 Å². The van der Waals surface area contributed by atoms with Gasteiger partial charge in [0.1, 0.15) is 5.75 Å². The van der Waals surface area contributed by atoms with Gasteiger partial charge in [0.2, 0.25) is 5.78 Å². The number of hydrogen-bond acceptors (Lipinski definition) is 3. The zero-order valence-corrected chi connectivity index (χ0v) is 8.68. The van der Waals surface area contributed by atoms with Gasteiger partial charge in [-0.25, -0.2) is 0 Å². The standard InChI is InChI=1S/C10H10ClNO2/c1-6-3-7(11)4-8(9(13)5-12)10(6)14-2/h3-5,12H,1-2H3. The van der Waals surface area contributed by atoms with Crippen LogP contribution in [0.1, 0.15) is 15.9 Å². The molecule has 0 amide bonds. The summed E-state index contributed by atoms with van der Waals surface area (Å²) in [6.45, 7) is 1.80. The maximum absolute atomic E-state index is 11.3. The number of benzene rings is 1. The maximum Gasteiger partial charge on any atom is 0.207 e. The summed E-state index contributed by atoms with van der Waals surface area (Å²) in [6.07, 6.45) is 0.744. The van der Waals surface area contributed by atoms with Crippen LogP contribution < -0.4 is 4.74 Å². The molecule has 0 fully saturated rings. The first-order chi connectivity index (χ1) is 6.60. The molecular formula is C10H10ClNO2. The van der Waals surface area contributed by atoms with Crippen LogP contribution >= 0.6 is 11.6 Å². The van der Waals surface area contributed by atoms with Gasteiger partial charge in [-0.3, -0.25) is 4.79 Å². The summed E-state index contributed by atoms with van der Waals surface area (Å²) in [7, 11) is 1.48. The number of nitrogens with one attached hydrogen (secondary N) is 1. The molecule has 1 N–H and O–H groups in total. The molecule has 0 aliphatic carbocycles. The summed E-state index contributed by atoms with van der Waals surface area (Å²) in [6, 6.07) is 3.21. The monoisotopic (exact) mass is 211 g/mol. The lowest BCUT2D eigenvalue weighted by Gasteiger charge is -2.09. The second-order valence-electron chi connectivity index (χ2n) is 2.81. The average molecular weight is 212 g/mol. The molecule has 0 atom stereocenters. The first kappa shape index (κ1) is 10.7. The Morgan fingerprint density at radius 3 is 2.71 bits per heavy atom. The summed E-state index contributed by atoms with van der Waals surface area (Å²) < 4.78 is 5.07. The molecule has 4 heteroatoms. The second kappa shape index (κ2) is 4.24. The van der Waals surface area contributed by atoms with Gasteiger partial charge in [0.25, 0.3) is 0 Å². The van der Waals surface area contributed by atoms with E-state index in [-0.39, 0.29) is 0 Å². The number of ketones is 1. The Hall–Kier alpha value is -1.35. The van der Waals surface area contributed by atoms with Crippen molar-refractivity contribution < 1.29 is 9.53 Å². The minimum atomic E-state index is -0.410. The lowest BCUT2D eigenvalue weighted by Crippen LogP contribution is -2.04. The van der Waals surface area contributed by atoms with Crippen LogP contribution in [-0.4, -0.2) is 19.1 Å². The van der Waals surface area contributed by atoms with Gasteiger partial charge in [0.15, 0.2) is 0 Å². The maximum atomic E-state index is 11.3. The zero-order chi connectivity index (χ0) is 10.7. The summed E-state index contributed by atoms with van der Waals surface area (Å²) in [5, 5.41) is 7.35. The molecule has 1 aromatic carbocycles. The number of ether oxygens (including phenoxy) is 1. The van der Waals surface area contributed by atoms with Crippen molar-refractivity contribution in [2.24, 2.45) is 0 Å². The lowest BCUT2D eigenvalue weighted by molar-refractivity contribution is 0.106. The van der Waals surface area contributed by atoms with Gasteiger partial charge in [-0.15, -0.1) is 0 Å². The van der Waals surface area contributed by atoms with Crippen molar-refractivity contribution in [1.82, 2.24) is 0 Å². The Bertz CT molecular complexity index is 388. The lowest BCUT2D eigenvalue weighted by atomic mass is 10.1. The normalized spacial score (nSPS) is 9.64. The molecule has 3 nitrogen and oxygen atoms in total. The number of Topliss-reactive ketones (excluding diaryl/α,β-unsaturated/α-hetero) is 1. The third kappa shape index (κ3) is 1.93. The molecule has 0 saturated carbocycles. The molecule has 0 aliphatic rings. The minimum Gasteiger partial charge on any atom is -0.496 e. The number of aryl methyl sites for hydroxylation is 1. The Kier molecular flexibility index (Phi) is 3.25. The van der Waals surface area contributed by atoms with Crippen molar-refractivity contribution in [2.75, 3.05) is 7.11 Å². The highest BCUT2D eigenvalue weighted by molar-refractivity contribution is 6.37. The van der Waals surface area contributed by atoms with Gasteiger partial charge >= 0.3 is 0 Å². The molecule has 1 rings (SSSR count). The van der Waals surface area contributed by atoms with E-state index in [2.05, 4.69) is 0 Å². The summed E-state index contributed by atoms with van der Waals surface area (Å²) >= 11 is 5.80. The van der Waals surface area contributed by atoms with Crippen LogP contribution in [0.5, 0.6) is 5.75 Å². The number of carbonyl (C=O) groups excluding carboxylic acids is 1. The van der Waals surface area contributed by atoms with Gasteiger partial charge in [0.05, 0.1) is 18.9 Å². The predicted octanol–water partition coefficient (Wildman–Crippen LogP) is 2.49. The summed E-state index contributed by atoms with van der Waals surface area (Å²) in [5.74, 6) is 0.0651. The molecule has 0 unspecified atom stereocenters. The van der Waals surface area contributed by atoms with E-state index in [1.165, 1.54) is 13.2 Å². The summed E-state index contributed by atoms with van der Waals surface area (Å²) in [5.41, 5.74) is 1.11. The van der Waals surface area contributed by atoms with E-state index < -0.39 is 5.78 Å². The molecule has 0 radical (unpaired) electrons. The molecule has 1 aromatic rings. The van der Waals surface area contributed by atoms with Crippen LogP contribution in [-0.2, 0) is 0 Å². The number of carbonyl (C=O) groups is 1. The molecule has 0 aliphatic heterocycles. The van der Waals surface area contributed by atoms with Crippen LogP contribution in [0.2, 0.25) is 5.02 Å². The molecule has 14 heavy (non-hydrogen) atoms. The minimum absolute atomic E-state index is 0.326. The quantitative estimate of drug-likeness (QED) is 0.617. The average Bonchev–Trinajstić information content (AvgIpc) is 2.15. The van der Waals surface area contributed by atoms with Crippen LogP contribution in [0.3, 0.4) is 0 Å². The first-order valence-electron chi connectivity index (χ1n) is 3.99. The van der Waals surface area contributed by atoms with E-state index in [4.69, 9.17) is 21.7 Å².